The maximum absolute atomic E-state index is 13.9. The number of hydrogen-bond donors (Lipinski definition) is 1. The zero-order valence-electron chi connectivity index (χ0n) is 9.67. The van der Waals surface area contributed by atoms with Gasteiger partial charge >= 0.3 is 0 Å². The maximum atomic E-state index is 13.9. The van der Waals surface area contributed by atoms with Crippen LogP contribution in [0.25, 0.3) is 0 Å². The normalized spacial score (nSPS) is 17.2. The zero-order chi connectivity index (χ0) is 12.3. The molecular formula is C13H15BrFNO. The summed E-state index contributed by atoms with van der Waals surface area (Å²) in [5.41, 5.74) is 1.76. The molecule has 1 aromatic carbocycles. The first-order chi connectivity index (χ1) is 8.22. The van der Waals surface area contributed by atoms with Crippen molar-refractivity contribution < 1.29 is 9.13 Å². The average molecular weight is 300 g/mol. The van der Waals surface area contributed by atoms with Crippen LogP contribution >= 0.6 is 15.9 Å². The molecule has 1 atom stereocenters. The molecule has 0 saturated heterocycles. The van der Waals surface area contributed by atoms with Crippen LogP contribution in [0.1, 0.15) is 24.4 Å². The predicted octanol–water partition coefficient (Wildman–Crippen LogP) is 3.54. The molecule has 2 nitrogen and oxygen atoms in total. The van der Waals surface area contributed by atoms with Gasteiger partial charge in [0, 0.05) is 10.0 Å². The van der Waals surface area contributed by atoms with Crippen LogP contribution in [0, 0.1) is 5.82 Å². The average Bonchev–Trinajstić information content (AvgIpc) is 2.34. The zero-order valence-corrected chi connectivity index (χ0v) is 11.3. The van der Waals surface area contributed by atoms with Crippen LogP contribution in [0.15, 0.2) is 34.5 Å². The second-order valence-electron chi connectivity index (χ2n) is 4.05. The smallest absolute Gasteiger partial charge is 0.129 e. The van der Waals surface area contributed by atoms with E-state index in [1.165, 1.54) is 6.07 Å². The van der Waals surface area contributed by atoms with E-state index in [1.54, 1.807) is 12.3 Å². The van der Waals surface area contributed by atoms with Crippen molar-refractivity contribution in [2.24, 2.45) is 0 Å². The Morgan fingerprint density at radius 3 is 2.88 bits per heavy atom. The molecule has 1 N–H and O–H groups in total. The highest BCUT2D eigenvalue weighted by Gasteiger charge is 2.20. The molecule has 1 heterocycles. The lowest BCUT2D eigenvalue weighted by Gasteiger charge is -2.23. The van der Waals surface area contributed by atoms with Crippen LogP contribution in [0.5, 0.6) is 0 Å². The standard InChI is InChI=1S/C13H15BrFNO/c1-16-13(9-3-2-6-17-8-9)11-5-4-10(14)7-12(11)15/h4-5,7-8,13,16H,2-3,6H2,1H3. The van der Waals surface area contributed by atoms with Crippen LogP contribution in [-0.4, -0.2) is 13.7 Å². The lowest BCUT2D eigenvalue weighted by Crippen LogP contribution is -2.21. The minimum atomic E-state index is -0.204. The molecule has 92 valence electrons. The molecule has 1 aliphatic heterocycles. The molecule has 1 unspecified atom stereocenters. The molecule has 0 spiro atoms. The third-order valence-electron chi connectivity index (χ3n) is 2.90. The number of rotatable bonds is 3. The third-order valence-corrected chi connectivity index (χ3v) is 3.39. The van der Waals surface area contributed by atoms with Gasteiger partial charge in [-0.2, -0.15) is 0 Å². The first-order valence-corrected chi connectivity index (χ1v) is 6.44. The summed E-state index contributed by atoms with van der Waals surface area (Å²) >= 11 is 3.26. The van der Waals surface area contributed by atoms with Crippen LogP contribution in [0.2, 0.25) is 0 Å². The Balaban J connectivity index is 2.31. The fourth-order valence-corrected chi connectivity index (χ4v) is 2.41. The number of hydrogen-bond acceptors (Lipinski definition) is 2. The molecule has 17 heavy (non-hydrogen) atoms. The molecule has 0 radical (unpaired) electrons. The van der Waals surface area contributed by atoms with Gasteiger partial charge < -0.3 is 10.1 Å². The van der Waals surface area contributed by atoms with Crippen molar-refractivity contribution in [1.29, 1.82) is 0 Å². The van der Waals surface area contributed by atoms with Crippen LogP contribution in [-0.2, 0) is 4.74 Å². The quantitative estimate of drug-likeness (QED) is 0.922. The van der Waals surface area contributed by atoms with Crippen molar-refractivity contribution in [2.75, 3.05) is 13.7 Å². The fraction of sp³-hybridized carbons (Fsp3) is 0.385. The Labute approximate surface area is 109 Å². The van der Waals surface area contributed by atoms with Gasteiger partial charge in [0.25, 0.3) is 0 Å². The summed E-state index contributed by atoms with van der Waals surface area (Å²) in [4.78, 5) is 0. The van der Waals surface area contributed by atoms with E-state index >= 15 is 0 Å². The SMILES string of the molecule is CNC(C1=COCCC1)c1ccc(Br)cc1F. The van der Waals surface area contributed by atoms with E-state index in [-0.39, 0.29) is 11.9 Å². The van der Waals surface area contributed by atoms with Crippen LogP contribution in [0.3, 0.4) is 0 Å². The van der Waals surface area contributed by atoms with Gasteiger partial charge in [0.15, 0.2) is 0 Å². The van der Waals surface area contributed by atoms with Crippen molar-refractivity contribution in [3.05, 3.63) is 45.9 Å². The van der Waals surface area contributed by atoms with Crippen molar-refractivity contribution in [2.45, 2.75) is 18.9 Å². The highest BCUT2D eigenvalue weighted by molar-refractivity contribution is 9.10. The minimum Gasteiger partial charge on any atom is -0.501 e. The summed E-state index contributed by atoms with van der Waals surface area (Å²) < 4.78 is 20.0. The van der Waals surface area contributed by atoms with Crippen molar-refractivity contribution >= 4 is 15.9 Å². The van der Waals surface area contributed by atoms with Crippen molar-refractivity contribution in [1.82, 2.24) is 5.32 Å². The van der Waals surface area contributed by atoms with Crippen molar-refractivity contribution in [3.63, 3.8) is 0 Å². The first kappa shape index (κ1) is 12.6. The largest absolute Gasteiger partial charge is 0.501 e. The van der Waals surface area contributed by atoms with Crippen LogP contribution < -0.4 is 5.32 Å². The summed E-state index contributed by atoms with van der Waals surface area (Å²) in [6.07, 6.45) is 3.69. The van der Waals surface area contributed by atoms with Crippen LogP contribution in [0.4, 0.5) is 4.39 Å². The second kappa shape index (κ2) is 5.65. The molecule has 0 aromatic heterocycles. The summed E-state index contributed by atoms with van der Waals surface area (Å²) in [6.45, 7) is 0.753. The Morgan fingerprint density at radius 1 is 1.47 bits per heavy atom. The first-order valence-electron chi connectivity index (χ1n) is 5.65. The summed E-state index contributed by atoms with van der Waals surface area (Å²) in [6, 6.07) is 5.04. The maximum Gasteiger partial charge on any atom is 0.129 e. The number of halogens is 2. The van der Waals surface area contributed by atoms with Gasteiger partial charge in [-0.1, -0.05) is 22.0 Å². The van der Waals surface area contributed by atoms with Gasteiger partial charge in [-0.3, -0.25) is 0 Å². The Hall–Kier alpha value is -0.870. The van der Waals surface area contributed by atoms with E-state index < -0.39 is 0 Å². The molecule has 4 heteroatoms. The lowest BCUT2D eigenvalue weighted by atomic mass is 9.95. The third kappa shape index (κ3) is 2.87. The van der Waals surface area contributed by atoms with Gasteiger partial charge in [0.2, 0.25) is 0 Å². The number of likely N-dealkylation sites (N-methyl/N-ethyl adjacent to an activating group) is 1. The molecule has 0 amide bonds. The fourth-order valence-electron chi connectivity index (χ4n) is 2.07. The van der Waals surface area contributed by atoms with Gasteiger partial charge in [-0.05, 0) is 37.6 Å². The highest BCUT2D eigenvalue weighted by atomic mass is 79.9. The number of ether oxygens (including phenoxy) is 1. The predicted molar refractivity (Wildman–Crippen MR) is 69.2 cm³/mol. The second-order valence-corrected chi connectivity index (χ2v) is 4.97. The molecule has 2 rings (SSSR count). The molecule has 1 aromatic rings. The van der Waals surface area contributed by atoms with Gasteiger partial charge in [0.1, 0.15) is 5.82 Å². The van der Waals surface area contributed by atoms with Gasteiger partial charge in [-0.25, -0.2) is 4.39 Å². The molecular weight excluding hydrogens is 285 g/mol. The topological polar surface area (TPSA) is 21.3 Å². The molecule has 1 aliphatic rings. The minimum absolute atomic E-state index is 0.108. The van der Waals surface area contributed by atoms with E-state index in [0.29, 0.717) is 5.56 Å². The number of nitrogens with one attached hydrogen (secondary N) is 1. The Kier molecular flexibility index (Phi) is 4.18. The Bertz CT molecular complexity index is 433. The molecule has 0 aliphatic carbocycles. The summed E-state index contributed by atoms with van der Waals surface area (Å²) in [5, 5.41) is 3.14. The monoisotopic (exact) mass is 299 g/mol. The summed E-state index contributed by atoms with van der Waals surface area (Å²) in [7, 11) is 1.83. The highest BCUT2D eigenvalue weighted by Crippen LogP contribution is 2.30. The van der Waals surface area contributed by atoms with E-state index in [1.807, 2.05) is 13.1 Å². The lowest BCUT2D eigenvalue weighted by molar-refractivity contribution is 0.219. The van der Waals surface area contributed by atoms with E-state index in [9.17, 15) is 4.39 Å². The molecule has 0 saturated carbocycles. The van der Waals surface area contributed by atoms with E-state index in [2.05, 4.69) is 21.2 Å². The van der Waals surface area contributed by atoms with Crippen molar-refractivity contribution in [3.8, 4) is 0 Å². The molecule has 0 bridgehead atoms. The van der Waals surface area contributed by atoms with E-state index in [4.69, 9.17) is 4.74 Å². The van der Waals surface area contributed by atoms with Gasteiger partial charge in [-0.15, -0.1) is 0 Å². The number of benzene rings is 1. The molecule has 0 fully saturated rings. The summed E-state index contributed by atoms with van der Waals surface area (Å²) in [5.74, 6) is -0.204. The van der Waals surface area contributed by atoms with Gasteiger partial charge in [0.05, 0.1) is 18.9 Å². The Morgan fingerprint density at radius 2 is 2.29 bits per heavy atom. The van der Waals surface area contributed by atoms with E-state index in [0.717, 1.165) is 29.5 Å².